The van der Waals surface area contributed by atoms with Gasteiger partial charge in [0.1, 0.15) is 5.82 Å². The van der Waals surface area contributed by atoms with Gasteiger partial charge in [0, 0.05) is 43.3 Å². The molecular formula is C23H25Cl2N5O2. The van der Waals surface area contributed by atoms with E-state index in [0.29, 0.717) is 28.1 Å². The van der Waals surface area contributed by atoms with E-state index in [0.717, 1.165) is 11.3 Å². The molecule has 2 aromatic heterocycles. The Morgan fingerprint density at radius 3 is 2.31 bits per heavy atom. The topological polar surface area (TPSA) is 88.9 Å². The van der Waals surface area contributed by atoms with Crippen LogP contribution in [-0.2, 0) is 21.5 Å². The number of rotatable bonds is 7. The SMILES string of the molecule is CC(C)(C)c1cc(NC(=O)CCC(=O)NCc2ccncc2)n(-c2ccc(Cl)c(Cl)c2)n1. The van der Waals surface area contributed by atoms with Crippen molar-refractivity contribution >= 4 is 40.8 Å². The normalized spacial score (nSPS) is 11.3. The summed E-state index contributed by atoms with van der Waals surface area (Å²) >= 11 is 12.2. The summed E-state index contributed by atoms with van der Waals surface area (Å²) < 4.78 is 1.62. The van der Waals surface area contributed by atoms with Gasteiger partial charge in [-0.1, -0.05) is 44.0 Å². The van der Waals surface area contributed by atoms with Crippen molar-refractivity contribution in [2.75, 3.05) is 5.32 Å². The first-order chi connectivity index (χ1) is 15.1. The highest BCUT2D eigenvalue weighted by Gasteiger charge is 2.22. The fourth-order valence-corrected chi connectivity index (χ4v) is 3.16. The van der Waals surface area contributed by atoms with Gasteiger partial charge in [0.15, 0.2) is 0 Å². The van der Waals surface area contributed by atoms with Gasteiger partial charge in [-0.3, -0.25) is 14.6 Å². The lowest BCUT2D eigenvalue weighted by Crippen LogP contribution is -2.24. The molecule has 2 amide bonds. The number of carbonyl (C=O) groups excluding carboxylic acids is 2. The first-order valence-corrected chi connectivity index (χ1v) is 10.9. The minimum atomic E-state index is -0.286. The molecule has 0 bridgehead atoms. The maximum Gasteiger partial charge on any atom is 0.226 e. The second-order valence-corrected chi connectivity index (χ2v) is 9.17. The number of nitrogens with one attached hydrogen (secondary N) is 2. The highest BCUT2D eigenvalue weighted by Crippen LogP contribution is 2.29. The zero-order valence-electron chi connectivity index (χ0n) is 18.2. The molecule has 3 rings (SSSR count). The van der Waals surface area contributed by atoms with E-state index in [-0.39, 0.29) is 30.1 Å². The first-order valence-electron chi connectivity index (χ1n) is 10.1. The Labute approximate surface area is 197 Å². The van der Waals surface area contributed by atoms with E-state index in [9.17, 15) is 9.59 Å². The molecule has 0 saturated carbocycles. The minimum Gasteiger partial charge on any atom is -0.352 e. The Kier molecular flexibility index (Phi) is 7.53. The van der Waals surface area contributed by atoms with Crippen LogP contribution in [0.25, 0.3) is 5.69 Å². The average molecular weight is 474 g/mol. The van der Waals surface area contributed by atoms with Gasteiger partial charge in [-0.2, -0.15) is 5.10 Å². The third-order valence-corrected chi connectivity index (χ3v) is 5.45. The van der Waals surface area contributed by atoms with Crippen LogP contribution in [0.15, 0.2) is 48.8 Å². The van der Waals surface area contributed by atoms with Crippen molar-refractivity contribution in [3.8, 4) is 5.69 Å². The fraction of sp³-hybridized carbons (Fsp3) is 0.304. The van der Waals surface area contributed by atoms with Crippen LogP contribution >= 0.6 is 23.2 Å². The molecule has 7 nitrogen and oxygen atoms in total. The molecule has 1 aromatic carbocycles. The Bertz CT molecular complexity index is 1110. The summed E-state index contributed by atoms with van der Waals surface area (Å²) in [6, 6.07) is 10.6. The van der Waals surface area contributed by atoms with Crippen LogP contribution in [0.2, 0.25) is 10.0 Å². The zero-order chi connectivity index (χ0) is 23.3. The van der Waals surface area contributed by atoms with E-state index < -0.39 is 0 Å². The second kappa shape index (κ2) is 10.1. The van der Waals surface area contributed by atoms with Crippen LogP contribution in [0, 0.1) is 0 Å². The van der Waals surface area contributed by atoms with Gasteiger partial charge in [-0.15, -0.1) is 0 Å². The molecule has 0 radical (unpaired) electrons. The molecule has 0 aliphatic carbocycles. The van der Waals surface area contributed by atoms with E-state index >= 15 is 0 Å². The summed E-state index contributed by atoms with van der Waals surface area (Å²) in [5.74, 6) is 0.00609. The van der Waals surface area contributed by atoms with Crippen LogP contribution in [0.1, 0.15) is 44.9 Å². The van der Waals surface area contributed by atoms with Crippen LogP contribution in [0.3, 0.4) is 0 Å². The number of halogens is 2. The van der Waals surface area contributed by atoms with Crippen LogP contribution in [-0.4, -0.2) is 26.6 Å². The van der Waals surface area contributed by atoms with Gasteiger partial charge in [-0.05, 0) is 35.9 Å². The zero-order valence-corrected chi connectivity index (χ0v) is 19.7. The van der Waals surface area contributed by atoms with Gasteiger partial charge < -0.3 is 10.6 Å². The monoisotopic (exact) mass is 473 g/mol. The lowest BCUT2D eigenvalue weighted by atomic mass is 9.92. The summed E-state index contributed by atoms with van der Waals surface area (Å²) in [7, 11) is 0. The molecule has 32 heavy (non-hydrogen) atoms. The van der Waals surface area contributed by atoms with Crippen LogP contribution < -0.4 is 10.6 Å². The number of pyridine rings is 1. The molecule has 0 aliphatic rings. The molecule has 0 fully saturated rings. The highest BCUT2D eigenvalue weighted by atomic mass is 35.5. The number of nitrogens with zero attached hydrogens (tertiary/aromatic N) is 3. The summed E-state index contributed by atoms with van der Waals surface area (Å²) in [5, 5.41) is 11.1. The number of benzene rings is 1. The third-order valence-electron chi connectivity index (χ3n) is 4.71. The summed E-state index contributed by atoms with van der Waals surface area (Å²) in [4.78, 5) is 28.6. The number of hydrogen-bond donors (Lipinski definition) is 2. The number of aromatic nitrogens is 3. The standard InChI is InChI=1S/C23H25Cl2N5O2/c1-23(2,3)19-13-20(30(29-19)16-4-5-17(24)18(25)12-16)28-22(32)7-6-21(31)27-14-15-8-10-26-11-9-15/h4-5,8-13H,6-7,14H2,1-3H3,(H,27,31)(H,28,32). The number of amides is 2. The average Bonchev–Trinajstić information content (AvgIpc) is 3.17. The Morgan fingerprint density at radius 2 is 1.66 bits per heavy atom. The van der Waals surface area contributed by atoms with Crippen molar-refractivity contribution < 1.29 is 9.59 Å². The van der Waals surface area contributed by atoms with E-state index in [1.54, 1.807) is 35.3 Å². The van der Waals surface area contributed by atoms with Gasteiger partial charge in [0.05, 0.1) is 21.4 Å². The van der Waals surface area contributed by atoms with Crippen molar-refractivity contribution in [3.05, 3.63) is 70.1 Å². The molecular weight excluding hydrogens is 449 g/mol. The van der Waals surface area contributed by atoms with E-state index in [4.69, 9.17) is 23.2 Å². The van der Waals surface area contributed by atoms with Gasteiger partial charge in [0.25, 0.3) is 0 Å². The van der Waals surface area contributed by atoms with Crippen molar-refractivity contribution in [2.24, 2.45) is 0 Å². The molecule has 0 spiro atoms. The van der Waals surface area contributed by atoms with Gasteiger partial charge in [0.2, 0.25) is 11.8 Å². The van der Waals surface area contributed by atoms with Crippen LogP contribution in [0.5, 0.6) is 0 Å². The number of hydrogen-bond acceptors (Lipinski definition) is 4. The molecule has 0 atom stereocenters. The number of anilines is 1. The maximum atomic E-state index is 12.6. The summed E-state index contributed by atoms with van der Waals surface area (Å²) in [6.45, 7) is 6.50. The smallest absolute Gasteiger partial charge is 0.226 e. The quantitative estimate of drug-likeness (QED) is 0.510. The van der Waals surface area contributed by atoms with E-state index in [1.165, 1.54) is 0 Å². The van der Waals surface area contributed by atoms with Gasteiger partial charge >= 0.3 is 0 Å². The minimum absolute atomic E-state index is 0.0413. The fourth-order valence-electron chi connectivity index (χ4n) is 2.87. The Balaban J connectivity index is 1.67. The molecule has 0 unspecified atom stereocenters. The molecule has 0 aliphatic heterocycles. The molecule has 2 heterocycles. The summed E-state index contributed by atoms with van der Waals surface area (Å²) in [5.41, 5.74) is 2.18. The third kappa shape index (κ3) is 6.31. The maximum absolute atomic E-state index is 12.6. The molecule has 3 aromatic rings. The second-order valence-electron chi connectivity index (χ2n) is 8.36. The molecule has 2 N–H and O–H groups in total. The predicted molar refractivity (Wildman–Crippen MR) is 126 cm³/mol. The number of carbonyl (C=O) groups is 2. The van der Waals surface area contributed by atoms with Crippen molar-refractivity contribution in [2.45, 2.75) is 45.6 Å². The lowest BCUT2D eigenvalue weighted by Gasteiger charge is -2.14. The van der Waals surface area contributed by atoms with E-state index in [2.05, 4.69) is 20.7 Å². The Hall–Kier alpha value is -2.90. The lowest BCUT2D eigenvalue weighted by molar-refractivity contribution is -0.124. The first kappa shape index (κ1) is 23.8. The molecule has 0 saturated heterocycles. The highest BCUT2D eigenvalue weighted by molar-refractivity contribution is 6.42. The van der Waals surface area contributed by atoms with Crippen molar-refractivity contribution in [1.82, 2.24) is 20.1 Å². The predicted octanol–water partition coefficient (Wildman–Crippen LogP) is 4.91. The van der Waals surface area contributed by atoms with Crippen molar-refractivity contribution in [3.63, 3.8) is 0 Å². The van der Waals surface area contributed by atoms with Gasteiger partial charge in [-0.25, -0.2) is 4.68 Å². The Morgan fingerprint density at radius 1 is 0.969 bits per heavy atom. The molecule has 9 heteroatoms. The largest absolute Gasteiger partial charge is 0.352 e. The van der Waals surface area contributed by atoms with E-state index in [1.807, 2.05) is 39.0 Å². The van der Waals surface area contributed by atoms with Crippen LogP contribution in [0.4, 0.5) is 5.82 Å². The van der Waals surface area contributed by atoms with Crippen molar-refractivity contribution in [1.29, 1.82) is 0 Å². The molecule has 168 valence electrons. The summed E-state index contributed by atoms with van der Waals surface area (Å²) in [6.07, 6.45) is 3.44.